The van der Waals surface area contributed by atoms with Crippen LogP contribution in [0.15, 0.2) is 43.1 Å². The Labute approximate surface area is 96.8 Å². The molecule has 0 fully saturated rings. The molecule has 0 aliphatic heterocycles. The Morgan fingerprint density at radius 2 is 1.88 bits per heavy atom. The Morgan fingerprint density at radius 1 is 1.12 bits per heavy atom. The topological polar surface area (TPSA) is 12.0 Å². The van der Waals surface area contributed by atoms with Gasteiger partial charge in [0.05, 0.1) is 0 Å². The van der Waals surface area contributed by atoms with Crippen LogP contribution in [0.4, 0.5) is 0 Å². The van der Waals surface area contributed by atoms with Gasteiger partial charge in [-0.2, -0.15) is 0 Å². The molecular formula is C15H17N. The minimum atomic E-state index is 0.837. The summed E-state index contributed by atoms with van der Waals surface area (Å²) in [5, 5.41) is 5.88. The van der Waals surface area contributed by atoms with Gasteiger partial charge < -0.3 is 5.32 Å². The largest absolute Gasteiger partial charge is 0.387 e. The van der Waals surface area contributed by atoms with Crippen LogP contribution in [0.3, 0.4) is 0 Å². The van der Waals surface area contributed by atoms with Crippen molar-refractivity contribution < 1.29 is 0 Å². The summed E-state index contributed by atoms with van der Waals surface area (Å²) in [4.78, 5) is 0. The van der Waals surface area contributed by atoms with Gasteiger partial charge in [0.2, 0.25) is 0 Å². The van der Waals surface area contributed by atoms with Crippen molar-refractivity contribution in [3.05, 3.63) is 59.8 Å². The second kappa shape index (κ2) is 4.40. The maximum atomic E-state index is 3.68. The zero-order valence-corrected chi connectivity index (χ0v) is 9.88. The molecule has 0 aliphatic carbocycles. The molecule has 1 nitrogen and oxygen atoms in total. The predicted molar refractivity (Wildman–Crippen MR) is 70.5 cm³/mol. The van der Waals surface area contributed by atoms with Crippen LogP contribution in [-0.2, 0) is 6.54 Å². The van der Waals surface area contributed by atoms with Crippen LogP contribution >= 0.6 is 0 Å². The summed E-state index contributed by atoms with van der Waals surface area (Å²) >= 11 is 0. The number of rotatable bonds is 3. The molecule has 0 amide bonds. The first kappa shape index (κ1) is 10.7. The van der Waals surface area contributed by atoms with E-state index in [2.05, 4.69) is 56.1 Å². The molecular weight excluding hydrogens is 194 g/mol. The first-order valence-corrected chi connectivity index (χ1v) is 5.56. The summed E-state index contributed by atoms with van der Waals surface area (Å²) in [7, 11) is 0. The van der Waals surface area contributed by atoms with E-state index in [0.717, 1.165) is 6.54 Å². The molecule has 0 saturated carbocycles. The number of nitrogens with one attached hydrogen (secondary N) is 1. The van der Waals surface area contributed by atoms with Crippen molar-refractivity contribution >= 4 is 10.8 Å². The van der Waals surface area contributed by atoms with Crippen molar-refractivity contribution in [3.63, 3.8) is 0 Å². The van der Waals surface area contributed by atoms with Gasteiger partial charge in [-0.05, 0) is 47.5 Å². The van der Waals surface area contributed by atoms with Crippen LogP contribution in [0.25, 0.3) is 10.8 Å². The van der Waals surface area contributed by atoms with Gasteiger partial charge in [-0.3, -0.25) is 0 Å². The molecule has 0 saturated heterocycles. The lowest BCUT2D eigenvalue weighted by molar-refractivity contribution is 0.879. The van der Waals surface area contributed by atoms with Gasteiger partial charge in [-0.25, -0.2) is 0 Å². The van der Waals surface area contributed by atoms with Crippen LogP contribution in [0, 0.1) is 13.8 Å². The van der Waals surface area contributed by atoms with Crippen molar-refractivity contribution in [2.75, 3.05) is 0 Å². The number of benzene rings is 2. The molecule has 2 aromatic carbocycles. The van der Waals surface area contributed by atoms with Crippen LogP contribution in [0.1, 0.15) is 16.7 Å². The van der Waals surface area contributed by atoms with E-state index in [1.54, 1.807) is 6.20 Å². The molecule has 0 spiro atoms. The summed E-state index contributed by atoms with van der Waals surface area (Å²) in [6, 6.07) is 10.9. The van der Waals surface area contributed by atoms with Gasteiger partial charge in [0.1, 0.15) is 0 Å². The SMILES string of the molecule is C=CNCc1ccc(C)c2c(C)cccc12. The fourth-order valence-electron chi connectivity index (χ4n) is 2.19. The third kappa shape index (κ3) is 1.81. The van der Waals surface area contributed by atoms with Gasteiger partial charge in [-0.15, -0.1) is 0 Å². The van der Waals surface area contributed by atoms with Gasteiger partial charge in [0.25, 0.3) is 0 Å². The average Bonchev–Trinajstić information content (AvgIpc) is 2.28. The minimum absolute atomic E-state index is 0.837. The summed E-state index contributed by atoms with van der Waals surface area (Å²) in [6.07, 6.45) is 1.74. The van der Waals surface area contributed by atoms with Crippen molar-refractivity contribution in [2.24, 2.45) is 0 Å². The molecule has 0 radical (unpaired) electrons. The molecule has 0 atom stereocenters. The summed E-state index contributed by atoms with van der Waals surface area (Å²) in [5.41, 5.74) is 4.01. The summed E-state index contributed by atoms with van der Waals surface area (Å²) < 4.78 is 0. The fourth-order valence-corrected chi connectivity index (χ4v) is 2.19. The third-order valence-electron chi connectivity index (χ3n) is 2.98. The lowest BCUT2D eigenvalue weighted by Crippen LogP contribution is -2.04. The second-order valence-corrected chi connectivity index (χ2v) is 4.12. The van der Waals surface area contributed by atoms with Gasteiger partial charge >= 0.3 is 0 Å². The highest BCUT2D eigenvalue weighted by molar-refractivity contribution is 5.91. The minimum Gasteiger partial charge on any atom is -0.387 e. The van der Waals surface area contributed by atoms with Crippen LogP contribution in [0.2, 0.25) is 0 Å². The highest BCUT2D eigenvalue weighted by Crippen LogP contribution is 2.25. The Hall–Kier alpha value is -1.76. The van der Waals surface area contributed by atoms with E-state index in [1.807, 2.05) is 0 Å². The van der Waals surface area contributed by atoms with Gasteiger partial charge in [0.15, 0.2) is 0 Å². The normalized spacial score (nSPS) is 10.4. The molecule has 0 aliphatic rings. The zero-order valence-electron chi connectivity index (χ0n) is 9.88. The molecule has 1 heteroatoms. The second-order valence-electron chi connectivity index (χ2n) is 4.12. The molecule has 2 aromatic rings. The standard InChI is InChI=1S/C15H17N/c1-4-16-10-13-9-8-12(3)15-11(2)6-5-7-14(13)15/h4-9,16H,1,10H2,2-3H3. The van der Waals surface area contributed by atoms with Crippen LogP contribution < -0.4 is 5.32 Å². The third-order valence-corrected chi connectivity index (χ3v) is 2.98. The lowest BCUT2D eigenvalue weighted by Gasteiger charge is -2.11. The first-order valence-electron chi connectivity index (χ1n) is 5.56. The molecule has 0 bridgehead atoms. The molecule has 1 N–H and O–H groups in total. The maximum Gasteiger partial charge on any atom is 0.0401 e. The summed E-state index contributed by atoms with van der Waals surface area (Å²) in [5.74, 6) is 0. The number of aryl methyl sites for hydroxylation is 2. The summed E-state index contributed by atoms with van der Waals surface area (Å²) in [6.45, 7) is 8.85. The van der Waals surface area contributed by atoms with Crippen molar-refractivity contribution in [3.8, 4) is 0 Å². The number of fused-ring (bicyclic) bond motifs is 1. The monoisotopic (exact) mass is 211 g/mol. The Kier molecular flexibility index (Phi) is 2.95. The van der Waals surface area contributed by atoms with E-state index in [-0.39, 0.29) is 0 Å². The quantitative estimate of drug-likeness (QED) is 0.816. The van der Waals surface area contributed by atoms with Crippen molar-refractivity contribution in [1.82, 2.24) is 5.32 Å². The number of hydrogen-bond donors (Lipinski definition) is 1. The predicted octanol–water partition coefficient (Wildman–Crippen LogP) is 3.69. The Bertz CT molecular complexity index is 518. The van der Waals surface area contributed by atoms with E-state index in [9.17, 15) is 0 Å². The zero-order chi connectivity index (χ0) is 11.5. The lowest BCUT2D eigenvalue weighted by atomic mass is 9.97. The van der Waals surface area contributed by atoms with E-state index < -0.39 is 0 Å². The van der Waals surface area contributed by atoms with E-state index in [1.165, 1.54) is 27.5 Å². The average molecular weight is 211 g/mol. The fraction of sp³-hybridized carbons (Fsp3) is 0.200. The Morgan fingerprint density at radius 3 is 2.62 bits per heavy atom. The molecule has 0 aromatic heterocycles. The molecule has 0 unspecified atom stereocenters. The van der Waals surface area contributed by atoms with E-state index >= 15 is 0 Å². The molecule has 16 heavy (non-hydrogen) atoms. The Balaban J connectivity index is 2.64. The van der Waals surface area contributed by atoms with Gasteiger partial charge in [-0.1, -0.05) is 36.9 Å². The smallest absolute Gasteiger partial charge is 0.0401 e. The molecule has 82 valence electrons. The number of hydrogen-bond acceptors (Lipinski definition) is 1. The molecule has 0 heterocycles. The highest BCUT2D eigenvalue weighted by atomic mass is 14.8. The van der Waals surface area contributed by atoms with Crippen molar-refractivity contribution in [1.29, 1.82) is 0 Å². The van der Waals surface area contributed by atoms with Gasteiger partial charge in [0, 0.05) is 6.54 Å². The maximum absolute atomic E-state index is 3.68. The first-order chi connectivity index (χ1) is 7.74. The van der Waals surface area contributed by atoms with E-state index in [0.29, 0.717) is 0 Å². The van der Waals surface area contributed by atoms with Crippen LogP contribution in [-0.4, -0.2) is 0 Å². The van der Waals surface area contributed by atoms with Crippen LogP contribution in [0.5, 0.6) is 0 Å². The van der Waals surface area contributed by atoms with E-state index in [4.69, 9.17) is 0 Å². The molecule has 2 rings (SSSR count). The van der Waals surface area contributed by atoms with Crippen molar-refractivity contribution in [2.45, 2.75) is 20.4 Å². The highest BCUT2D eigenvalue weighted by Gasteiger charge is 2.04.